The minimum absolute atomic E-state index is 0.0725. The molecule has 584 valence electrons. The van der Waals surface area contributed by atoms with Crippen molar-refractivity contribution in [1.29, 1.82) is 0 Å². The molecule has 0 aromatic rings. The van der Waals surface area contributed by atoms with Gasteiger partial charge in [-0.2, -0.15) is 0 Å². The van der Waals surface area contributed by atoms with Crippen molar-refractivity contribution in [3.05, 3.63) is 134 Å². The first-order chi connectivity index (χ1) is 49.7. The second kappa shape index (κ2) is 74.5. The number of phosphoric ester groups is 2. The Balaban J connectivity index is 5.42. The van der Waals surface area contributed by atoms with Crippen LogP contribution in [0, 0.1) is 0 Å². The Morgan fingerprint density at radius 1 is 0.284 bits per heavy atom. The summed E-state index contributed by atoms with van der Waals surface area (Å²) in [4.78, 5) is 72.9. The third-order valence-electron chi connectivity index (χ3n) is 16.1. The van der Waals surface area contributed by atoms with Crippen molar-refractivity contribution >= 4 is 39.5 Å². The van der Waals surface area contributed by atoms with Gasteiger partial charge in [-0.3, -0.25) is 37.3 Å². The van der Waals surface area contributed by atoms with Crippen molar-refractivity contribution < 1.29 is 80.2 Å². The summed E-state index contributed by atoms with van der Waals surface area (Å²) in [5.41, 5.74) is 0. The van der Waals surface area contributed by atoms with Crippen LogP contribution in [0.3, 0.4) is 0 Å². The van der Waals surface area contributed by atoms with Gasteiger partial charge in [-0.25, -0.2) is 9.13 Å². The molecule has 0 spiro atoms. The fraction of sp³-hybridized carbons (Fsp3) is 0.687. The van der Waals surface area contributed by atoms with Gasteiger partial charge in [-0.15, -0.1) is 0 Å². The Morgan fingerprint density at radius 3 is 0.833 bits per heavy atom. The molecule has 0 amide bonds. The summed E-state index contributed by atoms with van der Waals surface area (Å²) in [6.07, 6.45) is 83.0. The number of aliphatic hydroxyl groups is 1. The van der Waals surface area contributed by atoms with Gasteiger partial charge in [0.1, 0.15) is 19.3 Å². The molecule has 19 heteroatoms. The van der Waals surface area contributed by atoms with Crippen LogP contribution >= 0.6 is 15.6 Å². The van der Waals surface area contributed by atoms with Crippen LogP contribution in [0.5, 0.6) is 0 Å². The molecule has 0 aliphatic rings. The van der Waals surface area contributed by atoms with Crippen LogP contribution in [0.1, 0.15) is 310 Å². The van der Waals surface area contributed by atoms with Crippen LogP contribution in [0.15, 0.2) is 134 Å². The Bertz CT molecular complexity index is 2460. The summed E-state index contributed by atoms with van der Waals surface area (Å²) in [7, 11) is -9.98. The number of carbonyl (C=O) groups excluding carboxylic acids is 4. The molecule has 0 aliphatic carbocycles. The van der Waals surface area contributed by atoms with E-state index in [4.69, 9.17) is 37.0 Å². The topological polar surface area (TPSA) is 237 Å². The highest BCUT2D eigenvalue weighted by atomic mass is 31.2. The number of allylic oxidation sites excluding steroid dienone is 22. The van der Waals surface area contributed by atoms with Crippen LogP contribution in [-0.2, 0) is 65.4 Å². The molecule has 5 unspecified atom stereocenters. The molecule has 3 N–H and O–H groups in total. The average Bonchev–Trinajstić information content (AvgIpc) is 0.924. The first-order valence-electron chi connectivity index (χ1n) is 39.4. The molecular formula is C83H140O17P2. The standard InChI is InChI=1S/C83H140O17P2/c1-5-9-13-17-21-25-29-33-36-37-38-39-42-45-48-52-56-60-64-68-81(86)94-74-79(100-83(88)70-66-62-58-54-50-46-41-35-31-27-23-19-15-11-7-3)76-98-102(91,92)96-72-77(84)71-95-101(89,90)97-75-78(99-82(87)69-65-61-57-53-49-43-32-28-24-20-16-12-8-4)73-93-80(85)67-63-59-55-51-47-44-40-34-30-26-22-18-14-10-6-2/h9-10,13-14,21-22,25-26,28,32-36,38-41,45,47-48,51,77-79,84H,5-8,11-12,15-20,23-24,27,29-31,37,42-44,46,49-50,52-76H2,1-4H3,(H,89,90)(H,91,92)/b13-9-,14-10-,25-21-,26-22-,32-28-,36-33-,39-38-,40-34-,41-35-,48-45-,51-47-. The molecule has 102 heavy (non-hydrogen) atoms. The van der Waals surface area contributed by atoms with Gasteiger partial charge in [-0.05, 0) is 161 Å². The van der Waals surface area contributed by atoms with E-state index in [9.17, 15) is 43.2 Å². The van der Waals surface area contributed by atoms with E-state index in [1.165, 1.54) is 64.2 Å². The van der Waals surface area contributed by atoms with Crippen molar-refractivity contribution in [1.82, 2.24) is 0 Å². The van der Waals surface area contributed by atoms with E-state index in [1.54, 1.807) is 0 Å². The van der Waals surface area contributed by atoms with Crippen LogP contribution in [0.2, 0.25) is 0 Å². The van der Waals surface area contributed by atoms with Gasteiger partial charge in [0.15, 0.2) is 12.2 Å². The van der Waals surface area contributed by atoms with Crippen molar-refractivity contribution in [2.75, 3.05) is 39.6 Å². The number of aliphatic hydroxyl groups excluding tert-OH is 1. The molecule has 0 aromatic heterocycles. The predicted molar refractivity (Wildman–Crippen MR) is 418 cm³/mol. The van der Waals surface area contributed by atoms with Crippen molar-refractivity contribution in [2.24, 2.45) is 0 Å². The monoisotopic (exact) mass is 1470 g/mol. The average molecular weight is 1470 g/mol. The van der Waals surface area contributed by atoms with Gasteiger partial charge >= 0.3 is 39.5 Å². The molecule has 0 heterocycles. The minimum atomic E-state index is -4.99. The van der Waals surface area contributed by atoms with Crippen molar-refractivity contribution in [2.45, 2.75) is 329 Å². The minimum Gasteiger partial charge on any atom is -0.462 e. The molecule has 5 atom stereocenters. The first-order valence-corrected chi connectivity index (χ1v) is 42.4. The zero-order valence-electron chi connectivity index (χ0n) is 63.7. The van der Waals surface area contributed by atoms with Crippen LogP contribution in [0.4, 0.5) is 0 Å². The van der Waals surface area contributed by atoms with Gasteiger partial charge in [-0.1, -0.05) is 258 Å². The second-order valence-electron chi connectivity index (χ2n) is 25.9. The van der Waals surface area contributed by atoms with Crippen LogP contribution in [-0.4, -0.2) is 96.7 Å². The number of rotatable bonds is 73. The van der Waals surface area contributed by atoms with Gasteiger partial charge in [0.2, 0.25) is 0 Å². The van der Waals surface area contributed by atoms with E-state index < -0.39 is 97.5 Å². The largest absolute Gasteiger partial charge is 0.472 e. The van der Waals surface area contributed by atoms with E-state index in [0.717, 1.165) is 167 Å². The molecule has 17 nitrogen and oxygen atoms in total. The zero-order chi connectivity index (χ0) is 74.6. The first kappa shape index (κ1) is 97.2. The van der Waals surface area contributed by atoms with E-state index in [0.29, 0.717) is 25.7 Å². The molecule has 0 rings (SSSR count). The van der Waals surface area contributed by atoms with E-state index >= 15 is 0 Å². The molecule has 0 fully saturated rings. The third kappa shape index (κ3) is 73.5. The maximum absolute atomic E-state index is 13.1. The number of hydrogen-bond donors (Lipinski definition) is 3. The summed E-state index contributed by atoms with van der Waals surface area (Å²) in [5, 5.41) is 10.6. The van der Waals surface area contributed by atoms with Gasteiger partial charge < -0.3 is 33.8 Å². The maximum Gasteiger partial charge on any atom is 0.472 e. The number of ether oxygens (including phenoxy) is 4. The zero-order valence-corrected chi connectivity index (χ0v) is 65.5. The van der Waals surface area contributed by atoms with Crippen LogP contribution in [0.25, 0.3) is 0 Å². The van der Waals surface area contributed by atoms with Gasteiger partial charge in [0.25, 0.3) is 0 Å². The number of carbonyl (C=O) groups is 4. The fourth-order valence-electron chi connectivity index (χ4n) is 10.1. The summed E-state index contributed by atoms with van der Waals surface area (Å²) in [5.74, 6) is -2.28. The molecule has 0 saturated heterocycles. The highest BCUT2D eigenvalue weighted by Crippen LogP contribution is 2.45. The second-order valence-corrected chi connectivity index (χ2v) is 28.8. The molecular weight excluding hydrogens is 1330 g/mol. The number of hydrogen-bond acceptors (Lipinski definition) is 15. The summed E-state index contributed by atoms with van der Waals surface area (Å²) in [6.45, 7) is 4.53. The van der Waals surface area contributed by atoms with Crippen molar-refractivity contribution in [3.63, 3.8) is 0 Å². The lowest BCUT2D eigenvalue weighted by atomic mass is 10.1. The lowest BCUT2D eigenvalue weighted by Crippen LogP contribution is -2.30. The van der Waals surface area contributed by atoms with Gasteiger partial charge in [0, 0.05) is 25.7 Å². The lowest BCUT2D eigenvalue weighted by Gasteiger charge is -2.21. The van der Waals surface area contributed by atoms with E-state index in [2.05, 4.69) is 161 Å². The number of unbranched alkanes of at least 4 members (excludes halogenated alkanes) is 25. The molecule has 0 aromatic carbocycles. The smallest absolute Gasteiger partial charge is 0.462 e. The number of esters is 4. The molecule has 0 saturated carbocycles. The molecule has 0 bridgehead atoms. The highest BCUT2D eigenvalue weighted by Gasteiger charge is 2.30. The Labute approximate surface area is 618 Å². The molecule has 0 radical (unpaired) electrons. The third-order valence-corrected chi connectivity index (χ3v) is 18.0. The highest BCUT2D eigenvalue weighted by molar-refractivity contribution is 7.47. The Kier molecular flexibility index (Phi) is 71.0. The summed E-state index contributed by atoms with van der Waals surface area (Å²) in [6, 6.07) is 0. The van der Waals surface area contributed by atoms with E-state index in [1.807, 2.05) is 0 Å². The van der Waals surface area contributed by atoms with E-state index in [-0.39, 0.29) is 25.7 Å². The normalized spacial score (nSPS) is 14.6. The molecule has 0 aliphatic heterocycles. The van der Waals surface area contributed by atoms with Gasteiger partial charge in [0.05, 0.1) is 26.4 Å². The SMILES string of the molecule is CC/C=C\C/C=C\C/C=C\C/C=C\C/C=C\CCCCCC(=O)OCC(COP(=O)(O)OCC(O)COP(=O)(O)OCC(COC(=O)CCCC/C=C\C/C=C\C/C=C\C/C=C\CC)OC(=O)CCCCCCC/C=C\CCCCCC)OC(=O)CCCCCCC/C=C\CCCCCCCC. The Hall–Kier alpha value is -4.80. The predicted octanol–water partition coefficient (Wildman–Crippen LogP) is 22.9. The fourth-order valence-corrected chi connectivity index (χ4v) is 11.7. The quantitative estimate of drug-likeness (QED) is 0.0169. The Morgan fingerprint density at radius 2 is 0.510 bits per heavy atom. The maximum atomic E-state index is 13.1. The van der Waals surface area contributed by atoms with Crippen molar-refractivity contribution in [3.8, 4) is 0 Å². The summed E-state index contributed by atoms with van der Waals surface area (Å²) < 4.78 is 68.5. The van der Waals surface area contributed by atoms with Crippen LogP contribution < -0.4 is 0 Å². The lowest BCUT2D eigenvalue weighted by molar-refractivity contribution is -0.161. The number of phosphoric acid groups is 2. The summed E-state index contributed by atoms with van der Waals surface area (Å²) >= 11 is 0.